The molecule has 1 aliphatic rings. The fraction of sp³-hybridized carbons (Fsp3) is 0.105. The van der Waals surface area contributed by atoms with Crippen LogP contribution in [0, 0.1) is 0 Å². The Labute approximate surface area is 164 Å². The van der Waals surface area contributed by atoms with Crippen LogP contribution in [0.15, 0.2) is 42.5 Å². The highest BCUT2D eigenvalue weighted by Crippen LogP contribution is 2.28. The molecule has 2 aromatic carbocycles. The lowest BCUT2D eigenvalue weighted by Gasteiger charge is -2.18. The van der Waals surface area contributed by atoms with Gasteiger partial charge in [0.05, 0.1) is 5.69 Å². The second kappa shape index (κ2) is 8.24. The summed E-state index contributed by atoms with van der Waals surface area (Å²) < 4.78 is 10.2. The van der Waals surface area contributed by atoms with Gasteiger partial charge in [0.25, 0.3) is 5.91 Å². The molecular weight excluding hydrogens is 393 g/mol. The first-order chi connectivity index (χ1) is 12.9. The van der Waals surface area contributed by atoms with E-state index in [1.54, 1.807) is 24.3 Å². The molecule has 3 rings (SSSR count). The zero-order valence-corrected chi connectivity index (χ0v) is 15.3. The standard InChI is InChI=1S/C19H13Cl2NO5/c20-13-4-1-11(14(21)8-13)3-6-19(25)27-9-16(23)12-2-5-17-15(7-12)22-18(24)10-26-17/h1-8H,9-10H2,(H,22,24). The van der Waals surface area contributed by atoms with Crippen LogP contribution in [0.5, 0.6) is 5.75 Å². The summed E-state index contributed by atoms with van der Waals surface area (Å²) in [6.07, 6.45) is 2.64. The molecule has 1 aliphatic heterocycles. The van der Waals surface area contributed by atoms with Gasteiger partial charge in [0.2, 0.25) is 0 Å². The highest BCUT2D eigenvalue weighted by molar-refractivity contribution is 6.35. The minimum Gasteiger partial charge on any atom is -0.482 e. The molecule has 0 aromatic heterocycles. The Balaban J connectivity index is 1.58. The third-order valence-corrected chi connectivity index (χ3v) is 4.20. The van der Waals surface area contributed by atoms with Crippen LogP contribution in [0.25, 0.3) is 6.08 Å². The molecule has 0 radical (unpaired) electrons. The Kier molecular flexibility index (Phi) is 5.78. The summed E-state index contributed by atoms with van der Waals surface area (Å²) in [5.74, 6) is -0.927. The number of esters is 1. The predicted molar refractivity (Wildman–Crippen MR) is 101 cm³/mol. The molecule has 0 atom stereocenters. The molecule has 1 N–H and O–H groups in total. The first kappa shape index (κ1) is 18.9. The Morgan fingerprint density at radius 1 is 1.19 bits per heavy atom. The Bertz CT molecular complexity index is 955. The van der Waals surface area contributed by atoms with Gasteiger partial charge in [-0.3, -0.25) is 9.59 Å². The number of anilines is 1. The second-order valence-corrected chi connectivity index (χ2v) is 6.42. The number of hydrogen-bond donors (Lipinski definition) is 1. The summed E-state index contributed by atoms with van der Waals surface area (Å²) >= 11 is 11.8. The fourth-order valence-corrected chi connectivity index (χ4v) is 2.79. The lowest BCUT2D eigenvalue weighted by molar-refractivity contribution is -0.136. The summed E-state index contributed by atoms with van der Waals surface area (Å²) in [4.78, 5) is 35.3. The van der Waals surface area contributed by atoms with Crippen molar-refractivity contribution in [2.75, 3.05) is 18.5 Å². The van der Waals surface area contributed by atoms with Crippen molar-refractivity contribution in [3.63, 3.8) is 0 Å². The molecule has 0 fully saturated rings. The summed E-state index contributed by atoms with van der Waals surface area (Å²) in [6, 6.07) is 9.44. The molecule has 1 amide bonds. The third-order valence-electron chi connectivity index (χ3n) is 3.64. The van der Waals surface area contributed by atoms with E-state index in [1.165, 1.54) is 24.3 Å². The molecule has 138 valence electrons. The second-order valence-electron chi connectivity index (χ2n) is 5.58. The highest BCUT2D eigenvalue weighted by atomic mass is 35.5. The predicted octanol–water partition coefficient (Wildman–Crippen LogP) is 3.76. The van der Waals surface area contributed by atoms with E-state index >= 15 is 0 Å². The van der Waals surface area contributed by atoms with E-state index in [9.17, 15) is 14.4 Å². The number of benzene rings is 2. The monoisotopic (exact) mass is 405 g/mol. The van der Waals surface area contributed by atoms with Gasteiger partial charge < -0.3 is 14.8 Å². The molecule has 2 aromatic rings. The minimum absolute atomic E-state index is 0.0676. The van der Waals surface area contributed by atoms with Gasteiger partial charge in [0, 0.05) is 21.7 Å². The number of hydrogen-bond acceptors (Lipinski definition) is 5. The molecule has 0 unspecified atom stereocenters. The molecule has 6 nitrogen and oxygen atoms in total. The lowest BCUT2D eigenvalue weighted by Crippen LogP contribution is -2.25. The summed E-state index contributed by atoms with van der Waals surface area (Å²) in [7, 11) is 0. The van der Waals surface area contributed by atoms with Crippen molar-refractivity contribution in [1.29, 1.82) is 0 Å². The van der Waals surface area contributed by atoms with E-state index in [2.05, 4.69) is 5.32 Å². The average molecular weight is 406 g/mol. The van der Waals surface area contributed by atoms with Gasteiger partial charge in [-0.05, 0) is 42.0 Å². The minimum atomic E-state index is -0.691. The van der Waals surface area contributed by atoms with Crippen molar-refractivity contribution in [1.82, 2.24) is 0 Å². The van der Waals surface area contributed by atoms with Crippen molar-refractivity contribution in [2.45, 2.75) is 0 Å². The lowest BCUT2D eigenvalue weighted by atomic mass is 10.1. The van der Waals surface area contributed by atoms with Gasteiger partial charge in [-0.1, -0.05) is 29.3 Å². The van der Waals surface area contributed by atoms with Gasteiger partial charge in [0.1, 0.15) is 5.75 Å². The maximum absolute atomic E-state index is 12.2. The molecule has 1 heterocycles. The number of nitrogens with one attached hydrogen (secondary N) is 1. The fourth-order valence-electron chi connectivity index (χ4n) is 2.32. The van der Waals surface area contributed by atoms with Crippen molar-refractivity contribution in [3.05, 3.63) is 63.6 Å². The number of carbonyl (C=O) groups excluding carboxylic acids is 3. The van der Waals surface area contributed by atoms with Crippen molar-refractivity contribution < 1.29 is 23.9 Å². The zero-order chi connectivity index (χ0) is 19.4. The highest BCUT2D eigenvalue weighted by Gasteiger charge is 2.18. The normalized spacial score (nSPS) is 12.9. The number of ketones is 1. The Morgan fingerprint density at radius 2 is 2.00 bits per heavy atom. The Morgan fingerprint density at radius 3 is 2.78 bits per heavy atom. The maximum atomic E-state index is 12.2. The van der Waals surface area contributed by atoms with Crippen LogP contribution in [-0.2, 0) is 14.3 Å². The van der Waals surface area contributed by atoms with Crippen molar-refractivity contribution >= 4 is 52.6 Å². The van der Waals surface area contributed by atoms with Gasteiger partial charge in [-0.2, -0.15) is 0 Å². The van der Waals surface area contributed by atoms with E-state index in [-0.39, 0.29) is 18.1 Å². The molecule has 0 saturated heterocycles. The third kappa shape index (κ3) is 4.87. The first-order valence-electron chi connectivity index (χ1n) is 7.82. The van der Waals surface area contributed by atoms with E-state index in [4.69, 9.17) is 32.7 Å². The molecular formula is C19H13Cl2NO5. The SMILES string of the molecule is O=C1COc2ccc(C(=O)COC(=O)C=Cc3ccc(Cl)cc3Cl)cc2N1. The van der Waals surface area contributed by atoms with Crippen LogP contribution in [0.1, 0.15) is 15.9 Å². The van der Waals surface area contributed by atoms with Crippen molar-refractivity contribution in [3.8, 4) is 5.75 Å². The number of ether oxygens (including phenoxy) is 2. The van der Waals surface area contributed by atoms with Crippen molar-refractivity contribution in [2.24, 2.45) is 0 Å². The number of halogens is 2. The Hall–Kier alpha value is -2.83. The largest absolute Gasteiger partial charge is 0.482 e. The van der Waals surface area contributed by atoms with Crippen LogP contribution in [0.4, 0.5) is 5.69 Å². The first-order valence-corrected chi connectivity index (χ1v) is 8.58. The molecule has 8 heteroatoms. The summed E-state index contributed by atoms with van der Waals surface area (Å²) in [5.41, 5.74) is 1.28. The number of amides is 1. The van der Waals surface area contributed by atoms with Crippen LogP contribution in [0.3, 0.4) is 0 Å². The topological polar surface area (TPSA) is 81.7 Å². The van der Waals surface area contributed by atoms with Gasteiger partial charge in [-0.15, -0.1) is 0 Å². The van der Waals surface area contributed by atoms with Gasteiger partial charge in [-0.25, -0.2) is 4.79 Å². The quantitative estimate of drug-likeness (QED) is 0.465. The molecule has 0 saturated carbocycles. The van der Waals surface area contributed by atoms with E-state index in [0.717, 1.165) is 0 Å². The van der Waals surface area contributed by atoms with Crippen LogP contribution in [-0.4, -0.2) is 30.9 Å². The van der Waals surface area contributed by atoms with E-state index in [1.807, 2.05) is 0 Å². The molecule has 0 bridgehead atoms. The van der Waals surface area contributed by atoms with Crippen LogP contribution >= 0.6 is 23.2 Å². The van der Waals surface area contributed by atoms with E-state index in [0.29, 0.717) is 27.0 Å². The maximum Gasteiger partial charge on any atom is 0.331 e. The number of rotatable bonds is 5. The van der Waals surface area contributed by atoms with Gasteiger partial charge in [0.15, 0.2) is 19.0 Å². The number of carbonyl (C=O) groups is 3. The van der Waals surface area contributed by atoms with Crippen LogP contribution in [0.2, 0.25) is 10.0 Å². The number of fused-ring (bicyclic) bond motifs is 1. The van der Waals surface area contributed by atoms with E-state index < -0.39 is 18.4 Å². The molecule has 0 aliphatic carbocycles. The van der Waals surface area contributed by atoms with Crippen LogP contribution < -0.4 is 10.1 Å². The smallest absolute Gasteiger partial charge is 0.331 e. The van der Waals surface area contributed by atoms with Gasteiger partial charge >= 0.3 is 5.97 Å². The average Bonchev–Trinajstić information content (AvgIpc) is 2.64. The number of Topliss-reactive ketones (excluding diaryl/α,β-unsaturated/α-hetero) is 1. The molecule has 0 spiro atoms. The summed E-state index contributed by atoms with van der Waals surface area (Å²) in [5, 5.41) is 3.48. The summed E-state index contributed by atoms with van der Waals surface area (Å²) in [6.45, 7) is -0.507. The zero-order valence-electron chi connectivity index (χ0n) is 13.8. The molecule has 27 heavy (non-hydrogen) atoms.